The maximum atomic E-state index is 5.92. The van der Waals surface area contributed by atoms with E-state index in [1.165, 1.54) is 11.1 Å². The largest absolute Gasteiger partial charge is 0.310 e. The van der Waals surface area contributed by atoms with Crippen LogP contribution in [0.2, 0.25) is 5.02 Å². The Hall–Kier alpha value is -1.31. The molecule has 0 saturated heterocycles. The summed E-state index contributed by atoms with van der Waals surface area (Å²) in [5.74, 6) is 0. The highest BCUT2D eigenvalue weighted by molar-refractivity contribution is 6.30. The van der Waals surface area contributed by atoms with Crippen molar-refractivity contribution in [2.75, 3.05) is 6.54 Å². The molecular weight excluding hydrogens is 254 g/mol. The van der Waals surface area contributed by atoms with Crippen molar-refractivity contribution in [3.8, 4) is 0 Å². The molecule has 2 rings (SSSR count). The van der Waals surface area contributed by atoms with Gasteiger partial charge < -0.3 is 5.32 Å². The van der Waals surface area contributed by atoms with Gasteiger partial charge in [0.1, 0.15) is 0 Å². The van der Waals surface area contributed by atoms with Gasteiger partial charge in [0, 0.05) is 11.1 Å². The minimum atomic E-state index is 0.404. The van der Waals surface area contributed by atoms with Gasteiger partial charge in [-0.2, -0.15) is 0 Å². The molecule has 2 heteroatoms. The molecule has 1 N–H and O–H groups in total. The monoisotopic (exact) mass is 273 g/mol. The third-order valence-electron chi connectivity index (χ3n) is 3.33. The Morgan fingerprint density at radius 2 is 1.68 bits per heavy atom. The lowest BCUT2D eigenvalue weighted by molar-refractivity contribution is 0.522. The molecule has 0 aliphatic heterocycles. The Labute approximate surface area is 120 Å². The maximum Gasteiger partial charge on any atom is 0.0406 e. The molecule has 100 valence electrons. The summed E-state index contributed by atoms with van der Waals surface area (Å²) in [6, 6.07) is 19.1. The van der Waals surface area contributed by atoms with Gasteiger partial charge in [-0.3, -0.25) is 0 Å². The standard InChI is InChI=1S/C17H20ClN/c1-2-17(15-8-10-16(18)11-9-15)19-13-12-14-6-4-3-5-7-14/h3-11,17,19H,2,12-13H2,1H3. The second-order valence-electron chi connectivity index (χ2n) is 4.70. The Morgan fingerprint density at radius 3 is 2.32 bits per heavy atom. The van der Waals surface area contributed by atoms with Crippen LogP contribution in [-0.2, 0) is 6.42 Å². The fraction of sp³-hybridized carbons (Fsp3) is 0.294. The van der Waals surface area contributed by atoms with E-state index in [4.69, 9.17) is 11.6 Å². The van der Waals surface area contributed by atoms with Crippen molar-refractivity contribution in [2.24, 2.45) is 0 Å². The third kappa shape index (κ3) is 4.38. The minimum absolute atomic E-state index is 0.404. The van der Waals surface area contributed by atoms with Gasteiger partial charge in [-0.25, -0.2) is 0 Å². The van der Waals surface area contributed by atoms with Crippen LogP contribution in [0.15, 0.2) is 54.6 Å². The first-order chi connectivity index (χ1) is 9.29. The van der Waals surface area contributed by atoms with Crippen LogP contribution >= 0.6 is 11.6 Å². The van der Waals surface area contributed by atoms with Crippen molar-refractivity contribution in [1.82, 2.24) is 5.32 Å². The molecule has 0 amide bonds. The molecule has 1 atom stereocenters. The molecule has 2 aromatic rings. The van der Waals surface area contributed by atoms with Crippen LogP contribution < -0.4 is 5.32 Å². The maximum absolute atomic E-state index is 5.92. The van der Waals surface area contributed by atoms with Gasteiger partial charge in [0.15, 0.2) is 0 Å². The summed E-state index contributed by atoms with van der Waals surface area (Å²) >= 11 is 5.92. The van der Waals surface area contributed by atoms with Gasteiger partial charge in [0.05, 0.1) is 0 Å². The topological polar surface area (TPSA) is 12.0 Å². The van der Waals surface area contributed by atoms with Crippen LogP contribution in [0.1, 0.15) is 30.5 Å². The lowest BCUT2D eigenvalue weighted by Gasteiger charge is -2.17. The van der Waals surface area contributed by atoms with Gasteiger partial charge >= 0.3 is 0 Å². The first kappa shape index (κ1) is 14.1. The number of benzene rings is 2. The van der Waals surface area contributed by atoms with E-state index in [-0.39, 0.29) is 0 Å². The van der Waals surface area contributed by atoms with Crippen molar-refractivity contribution in [3.05, 3.63) is 70.7 Å². The van der Waals surface area contributed by atoms with Crippen LogP contribution in [-0.4, -0.2) is 6.54 Å². The first-order valence-electron chi connectivity index (χ1n) is 6.82. The van der Waals surface area contributed by atoms with Crippen molar-refractivity contribution in [1.29, 1.82) is 0 Å². The van der Waals surface area contributed by atoms with Gasteiger partial charge in [-0.05, 0) is 42.6 Å². The Kier molecular flexibility index (Phi) is 5.44. The molecule has 1 nitrogen and oxygen atoms in total. The molecule has 0 aliphatic carbocycles. The molecule has 0 heterocycles. The summed E-state index contributed by atoms with van der Waals surface area (Å²) in [5.41, 5.74) is 2.68. The van der Waals surface area contributed by atoms with E-state index in [0.29, 0.717) is 6.04 Å². The summed E-state index contributed by atoms with van der Waals surface area (Å²) in [6.45, 7) is 3.19. The summed E-state index contributed by atoms with van der Waals surface area (Å²) in [7, 11) is 0. The zero-order valence-corrected chi connectivity index (χ0v) is 12.0. The molecule has 2 aromatic carbocycles. The predicted molar refractivity (Wildman–Crippen MR) is 82.6 cm³/mol. The lowest BCUT2D eigenvalue weighted by Crippen LogP contribution is -2.23. The summed E-state index contributed by atoms with van der Waals surface area (Å²) in [4.78, 5) is 0. The smallest absolute Gasteiger partial charge is 0.0406 e. The highest BCUT2D eigenvalue weighted by Gasteiger charge is 2.07. The quantitative estimate of drug-likeness (QED) is 0.810. The van der Waals surface area contributed by atoms with Crippen LogP contribution in [0.5, 0.6) is 0 Å². The summed E-state index contributed by atoms with van der Waals surface area (Å²) in [6.07, 6.45) is 2.14. The van der Waals surface area contributed by atoms with E-state index in [1.807, 2.05) is 12.1 Å². The molecule has 0 bridgehead atoms. The van der Waals surface area contributed by atoms with Crippen molar-refractivity contribution in [3.63, 3.8) is 0 Å². The molecule has 1 unspecified atom stereocenters. The van der Waals surface area contributed by atoms with Crippen molar-refractivity contribution in [2.45, 2.75) is 25.8 Å². The molecule has 0 aromatic heterocycles. The Bertz CT molecular complexity index is 478. The minimum Gasteiger partial charge on any atom is -0.310 e. The molecule has 0 aliphatic rings. The lowest BCUT2D eigenvalue weighted by atomic mass is 10.0. The molecular formula is C17H20ClN. The highest BCUT2D eigenvalue weighted by atomic mass is 35.5. The fourth-order valence-corrected chi connectivity index (χ4v) is 2.35. The third-order valence-corrected chi connectivity index (χ3v) is 3.58. The first-order valence-corrected chi connectivity index (χ1v) is 7.20. The molecule has 0 radical (unpaired) electrons. The fourth-order valence-electron chi connectivity index (χ4n) is 2.23. The van der Waals surface area contributed by atoms with Gasteiger partial charge in [-0.15, -0.1) is 0 Å². The van der Waals surface area contributed by atoms with Gasteiger partial charge in [0.2, 0.25) is 0 Å². The molecule has 19 heavy (non-hydrogen) atoms. The van der Waals surface area contributed by atoms with E-state index in [2.05, 4.69) is 54.7 Å². The van der Waals surface area contributed by atoms with Gasteiger partial charge in [-0.1, -0.05) is 61.0 Å². The molecule has 0 fully saturated rings. The molecule has 0 saturated carbocycles. The van der Waals surface area contributed by atoms with Crippen LogP contribution in [0, 0.1) is 0 Å². The molecule has 0 spiro atoms. The SMILES string of the molecule is CCC(NCCc1ccccc1)c1ccc(Cl)cc1. The normalized spacial score (nSPS) is 12.3. The zero-order chi connectivity index (χ0) is 13.5. The predicted octanol–water partition coefficient (Wildman–Crippen LogP) is 4.62. The van der Waals surface area contributed by atoms with E-state index in [9.17, 15) is 0 Å². The summed E-state index contributed by atoms with van der Waals surface area (Å²) < 4.78 is 0. The van der Waals surface area contributed by atoms with Crippen molar-refractivity contribution >= 4 is 11.6 Å². The number of rotatable bonds is 6. The number of halogens is 1. The van der Waals surface area contributed by atoms with Crippen LogP contribution in [0.3, 0.4) is 0 Å². The second-order valence-corrected chi connectivity index (χ2v) is 5.14. The van der Waals surface area contributed by atoms with Gasteiger partial charge in [0.25, 0.3) is 0 Å². The van der Waals surface area contributed by atoms with E-state index >= 15 is 0 Å². The second kappa shape index (κ2) is 7.32. The van der Waals surface area contributed by atoms with Crippen LogP contribution in [0.4, 0.5) is 0 Å². The summed E-state index contributed by atoms with van der Waals surface area (Å²) in [5, 5.41) is 4.40. The van der Waals surface area contributed by atoms with E-state index < -0.39 is 0 Å². The number of nitrogens with one attached hydrogen (secondary N) is 1. The zero-order valence-electron chi connectivity index (χ0n) is 11.3. The average Bonchev–Trinajstić information content (AvgIpc) is 2.46. The number of hydrogen-bond acceptors (Lipinski definition) is 1. The average molecular weight is 274 g/mol. The van der Waals surface area contributed by atoms with E-state index in [1.54, 1.807) is 0 Å². The van der Waals surface area contributed by atoms with Crippen molar-refractivity contribution < 1.29 is 0 Å². The van der Waals surface area contributed by atoms with E-state index in [0.717, 1.165) is 24.4 Å². The van der Waals surface area contributed by atoms with Crippen LogP contribution in [0.25, 0.3) is 0 Å². The Morgan fingerprint density at radius 1 is 1.00 bits per heavy atom. The number of hydrogen-bond donors (Lipinski definition) is 1. The Balaban J connectivity index is 1.87. The highest BCUT2D eigenvalue weighted by Crippen LogP contribution is 2.19.